The van der Waals surface area contributed by atoms with Gasteiger partial charge >= 0.3 is 0 Å². The number of aromatic nitrogens is 2. The lowest BCUT2D eigenvalue weighted by atomic mass is 9.80. The van der Waals surface area contributed by atoms with Gasteiger partial charge in [0.2, 0.25) is 5.91 Å². The fourth-order valence-corrected chi connectivity index (χ4v) is 6.30. The van der Waals surface area contributed by atoms with Gasteiger partial charge in [-0.3, -0.25) is 9.69 Å². The number of amides is 1. The van der Waals surface area contributed by atoms with Crippen LogP contribution in [0.3, 0.4) is 0 Å². The molecule has 186 valence electrons. The van der Waals surface area contributed by atoms with Crippen molar-refractivity contribution in [3.8, 4) is 0 Å². The SMILES string of the molecule is Cc1ccc2ccnc(NCC(=O)NC3CN(C4CCC(O)(c5cnc(C(C)C)s5)CC4)C3)c2c1. The smallest absolute Gasteiger partial charge is 0.239 e. The fraction of sp³-hybridized carbons (Fsp3) is 0.519. The monoisotopic (exact) mass is 493 g/mol. The van der Waals surface area contributed by atoms with Crippen LogP contribution in [0, 0.1) is 6.92 Å². The summed E-state index contributed by atoms with van der Waals surface area (Å²) in [6.07, 6.45) is 7.13. The zero-order valence-corrected chi connectivity index (χ0v) is 21.6. The number of anilines is 1. The zero-order chi connectivity index (χ0) is 24.6. The molecule has 0 atom stereocenters. The summed E-state index contributed by atoms with van der Waals surface area (Å²) in [6, 6.07) is 8.89. The third kappa shape index (κ3) is 5.20. The minimum Gasteiger partial charge on any atom is -0.384 e. The van der Waals surface area contributed by atoms with Crippen LogP contribution >= 0.6 is 11.3 Å². The largest absolute Gasteiger partial charge is 0.384 e. The Labute approximate surface area is 211 Å². The second-order valence-corrected chi connectivity index (χ2v) is 11.5. The van der Waals surface area contributed by atoms with E-state index in [4.69, 9.17) is 0 Å². The highest BCUT2D eigenvalue weighted by Gasteiger charge is 2.41. The van der Waals surface area contributed by atoms with Crippen LogP contribution in [0.15, 0.2) is 36.7 Å². The maximum atomic E-state index is 12.5. The number of nitrogens with one attached hydrogen (secondary N) is 2. The Morgan fingerprint density at radius 2 is 2.00 bits per heavy atom. The summed E-state index contributed by atoms with van der Waals surface area (Å²) in [6.45, 7) is 8.29. The molecule has 0 bridgehead atoms. The number of rotatable bonds is 7. The molecule has 8 heteroatoms. The average Bonchev–Trinajstić information content (AvgIpc) is 3.32. The van der Waals surface area contributed by atoms with Gasteiger partial charge in [0.25, 0.3) is 0 Å². The van der Waals surface area contributed by atoms with Crippen molar-refractivity contribution in [3.63, 3.8) is 0 Å². The number of carbonyl (C=O) groups excluding carboxylic acids is 1. The lowest BCUT2D eigenvalue weighted by Gasteiger charge is -2.48. The minimum absolute atomic E-state index is 0.00900. The van der Waals surface area contributed by atoms with Gasteiger partial charge in [0.1, 0.15) is 11.4 Å². The third-order valence-corrected chi connectivity index (χ3v) is 8.88. The second kappa shape index (κ2) is 9.84. The van der Waals surface area contributed by atoms with Crippen LogP contribution < -0.4 is 10.6 Å². The molecule has 35 heavy (non-hydrogen) atoms. The van der Waals surface area contributed by atoms with E-state index < -0.39 is 5.60 Å². The van der Waals surface area contributed by atoms with Crippen molar-refractivity contribution < 1.29 is 9.90 Å². The number of likely N-dealkylation sites (tertiary alicyclic amines) is 1. The Bertz CT molecular complexity index is 1200. The lowest BCUT2D eigenvalue weighted by molar-refractivity contribution is -0.121. The first kappa shape index (κ1) is 24.2. The molecule has 0 unspecified atom stereocenters. The molecule has 2 aliphatic rings. The van der Waals surface area contributed by atoms with E-state index in [1.165, 1.54) is 5.56 Å². The number of aliphatic hydroxyl groups is 1. The summed E-state index contributed by atoms with van der Waals surface area (Å²) in [5, 5.41) is 20.8. The van der Waals surface area contributed by atoms with Gasteiger partial charge in [-0.15, -0.1) is 11.3 Å². The number of aryl methyl sites for hydroxylation is 1. The normalized spacial score (nSPS) is 23.4. The van der Waals surface area contributed by atoms with Crippen LogP contribution in [0.2, 0.25) is 0 Å². The molecule has 1 aliphatic carbocycles. The van der Waals surface area contributed by atoms with Gasteiger partial charge < -0.3 is 15.7 Å². The van der Waals surface area contributed by atoms with E-state index in [1.54, 1.807) is 17.5 Å². The summed E-state index contributed by atoms with van der Waals surface area (Å²) < 4.78 is 0. The highest BCUT2D eigenvalue weighted by molar-refractivity contribution is 7.11. The molecule has 1 saturated carbocycles. The molecule has 3 aromatic rings. The Kier molecular flexibility index (Phi) is 6.79. The van der Waals surface area contributed by atoms with Crippen molar-refractivity contribution in [1.29, 1.82) is 0 Å². The number of nitrogens with zero attached hydrogens (tertiary/aromatic N) is 3. The maximum absolute atomic E-state index is 12.5. The van der Waals surface area contributed by atoms with Gasteiger partial charge in [-0.1, -0.05) is 31.5 Å². The second-order valence-electron chi connectivity index (χ2n) is 10.4. The molecule has 1 aliphatic heterocycles. The molecule has 2 fully saturated rings. The summed E-state index contributed by atoms with van der Waals surface area (Å²) in [7, 11) is 0. The Morgan fingerprint density at radius 3 is 2.71 bits per heavy atom. The van der Waals surface area contributed by atoms with Crippen LogP contribution in [-0.4, -0.2) is 57.6 Å². The molecule has 3 heterocycles. The van der Waals surface area contributed by atoms with Crippen LogP contribution in [0.1, 0.15) is 60.9 Å². The summed E-state index contributed by atoms with van der Waals surface area (Å²) in [5.74, 6) is 1.13. The van der Waals surface area contributed by atoms with Crippen molar-refractivity contribution in [1.82, 2.24) is 20.2 Å². The topological polar surface area (TPSA) is 90.4 Å². The van der Waals surface area contributed by atoms with Gasteiger partial charge in [0.15, 0.2) is 0 Å². The first-order valence-corrected chi connectivity index (χ1v) is 13.4. The van der Waals surface area contributed by atoms with Crippen molar-refractivity contribution in [2.75, 3.05) is 25.0 Å². The highest BCUT2D eigenvalue weighted by atomic mass is 32.1. The molecule has 2 aromatic heterocycles. The van der Waals surface area contributed by atoms with Crippen molar-refractivity contribution in [2.24, 2.45) is 0 Å². The van der Waals surface area contributed by atoms with Crippen molar-refractivity contribution >= 4 is 33.8 Å². The number of carbonyl (C=O) groups is 1. The Morgan fingerprint density at radius 1 is 1.23 bits per heavy atom. The maximum Gasteiger partial charge on any atom is 0.239 e. The van der Waals surface area contributed by atoms with Crippen LogP contribution in [0.4, 0.5) is 5.82 Å². The third-order valence-electron chi connectivity index (χ3n) is 7.39. The summed E-state index contributed by atoms with van der Waals surface area (Å²) in [4.78, 5) is 24.9. The molecular formula is C27H35N5O2S. The van der Waals surface area contributed by atoms with Crippen molar-refractivity contribution in [3.05, 3.63) is 52.1 Å². The van der Waals surface area contributed by atoms with Crippen LogP contribution in [0.5, 0.6) is 0 Å². The number of hydrogen-bond donors (Lipinski definition) is 3. The van der Waals surface area contributed by atoms with Gasteiger partial charge in [-0.25, -0.2) is 9.97 Å². The van der Waals surface area contributed by atoms with E-state index >= 15 is 0 Å². The van der Waals surface area contributed by atoms with E-state index in [2.05, 4.69) is 64.5 Å². The first-order chi connectivity index (χ1) is 16.8. The molecule has 3 N–H and O–H groups in total. The van der Waals surface area contributed by atoms with Crippen molar-refractivity contribution in [2.45, 2.75) is 70.1 Å². The molecule has 1 saturated heterocycles. The van der Waals surface area contributed by atoms with Gasteiger partial charge in [0.05, 0.1) is 22.5 Å². The molecule has 1 amide bonds. The number of pyridine rings is 1. The predicted octanol–water partition coefficient (Wildman–Crippen LogP) is 4.17. The molecule has 5 rings (SSSR count). The minimum atomic E-state index is -0.736. The van der Waals surface area contributed by atoms with Gasteiger partial charge in [-0.2, -0.15) is 0 Å². The lowest BCUT2D eigenvalue weighted by Crippen LogP contribution is -2.63. The van der Waals surface area contributed by atoms with E-state index in [0.717, 1.165) is 65.2 Å². The van der Waals surface area contributed by atoms with Crippen LogP contribution in [0.25, 0.3) is 10.8 Å². The van der Waals surface area contributed by atoms with E-state index in [9.17, 15) is 9.90 Å². The summed E-state index contributed by atoms with van der Waals surface area (Å²) in [5.41, 5.74) is 0.431. The fourth-order valence-electron chi connectivity index (χ4n) is 5.23. The molecule has 0 radical (unpaired) electrons. The van der Waals surface area contributed by atoms with Gasteiger partial charge in [0, 0.05) is 42.8 Å². The van der Waals surface area contributed by atoms with Crippen LogP contribution in [-0.2, 0) is 10.4 Å². The zero-order valence-electron chi connectivity index (χ0n) is 20.8. The molecule has 0 spiro atoms. The standard InChI is InChI=1S/C27H35N5O2S/c1-17(2)26-30-13-23(35-26)27(34)9-6-21(7-10-27)32-15-20(16-32)31-24(33)14-29-25-22-12-18(3)4-5-19(22)8-11-28-25/h4-5,8,11-13,17,20-21,34H,6-7,9-10,14-16H2,1-3H3,(H,28,29)(H,31,33). The van der Waals surface area contributed by atoms with E-state index in [-0.39, 0.29) is 18.5 Å². The average molecular weight is 494 g/mol. The van der Waals surface area contributed by atoms with Gasteiger partial charge in [-0.05, 0) is 50.1 Å². The number of benzene rings is 1. The first-order valence-electron chi connectivity index (χ1n) is 12.6. The number of hydrogen-bond acceptors (Lipinski definition) is 7. The Hall–Kier alpha value is -2.55. The predicted molar refractivity (Wildman–Crippen MR) is 141 cm³/mol. The number of fused-ring (bicyclic) bond motifs is 1. The molecule has 7 nitrogen and oxygen atoms in total. The highest BCUT2D eigenvalue weighted by Crippen LogP contribution is 2.42. The Balaban J connectivity index is 1.07. The summed E-state index contributed by atoms with van der Waals surface area (Å²) >= 11 is 1.65. The molecular weight excluding hydrogens is 458 g/mol. The van der Waals surface area contributed by atoms with E-state index in [1.807, 2.05) is 12.3 Å². The molecule has 1 aromatic carbocycles. The number of thiazole rings is 1. The van der Waals surface area contributed by atoms with E-state index in [0.29, 0.717) is 12.0 Å². The quantitative estimate of drug-likeness (QED) is 0.458.